The standard InChI is InChI=1S/C30H35N7O3S/c1-29(2,3)24-12-10-21-27(34-24)37-18-20(16-30(37,4)5)9-11-22(23-15-19(17-31)13-14-32-23)33-25-7-6-8-26(35-25)41(39,40)36-28(21)38/h6-8,10,12-15,20,22H,9,11,16,18H2,1-5H3,(H,33,35)(H,36,38). The number of rotatable bonds is 1. The molecule has 2 aliphatic rings. The van der Waals surface area contributed by atoms with E-state index in [-0.39, 0.29) is 33.5 Å². The van der Waals surface area contributed by atoms with Crippen LogP contribution >= 0.6 is 0 Å². The van der Waals surface area contributed by atoms with E-state index in [4.69, 9.17) is 4.98 Å². The molecule has 3 aromatic rings. The van der Waals surface area contributed by atoms with Crippen molar-refractivity contribution in [2.24, 2.45) is 5.92 Å². The number of aromatic nitrogens is 3. The highest BCUT2D eigenvalue weighted by Crippen LogP contribution is 2.41. The number of sulfonamides is 1. The Kier molecular flexibility index (Phi) is 7.24. The molecule has 3 aromatic heterocycles. The van der Waals surface area contributed by atoms with Gasteiger partial charge in [0.25, 0.3) is 15.9 Å². The quantitative estimate of drug-likeness (QED) is 0.423. The van der Waals surface area contributed by atoms with Crippen molar-refractivity contribution >= 4 is 27.6 Å². The van der Waals surface area contributed by atoms with E-state index in [9.17, 15) is 18.5 Å². The molecular formula is C30H35N7O3S. The largest absolute Gasteiger partial charge is 0.362 e. The van der Waals surface area contributed by atoms with Gasteiger partial charge in [0, 0.05) is 29.4 Å². The molecule has 0 saturated carbocycles. The van der Waals surface area contributed by atoms with Crippen LogP contribution in [0.1, 0.15) is 87.2 Å². The van der Waals surface area contributed by atoms with Gasteiger partial charge in [-0.2, -0.15) is 13.7 Å². The highest BCUT2D eigenvalue weighted by molar-refractivity contribution is 7.90. The number of anilines is 2. The lowest BCUT2D eigenvalue weighted by Crippen LogP contribution is -2.41. The molecule has 2 atom stereocenters. The van der Waals surface area contributed by atoms with Crippen LogP contribution in [0.4, 0.5) is 11.6 Å². The number of fused-ring (bicyclic) bond motifs is 6. The first kappa shape index (κ1) is 28.5. The van der Waals surface area contributed by atoms with E-state index in [2.05, 4.69) is 65.6 Å². The average Bonchev–Trinajstić information content (AvgIpc) is 3.23. The number of hydrogen-bond acceptors (Lipinski definition) is 9. The molecule has 4 bridgehead atoms. The number of carbonyl (C=O) groups is 1. The number of nitriles is 1. The SMILES string of the molecule is CC(C)(C)c1ccc2c(n1)N1CC(CCC(c3cc(C#N)ccn3)Nc3cccc(n3)S(=O)(=O)NC2=O)CC1(C)C. The first-order valence-electron chi connectivity index (χ1n) is 13.7. The van der Waals surface area contributed by atoms with Crippen molar-refractivity contribution in [3.63, 3.8) is 0 Å². The van der Waals surface area contributed by atoms with Crippen LogP contribution in [0.5, 0.6) is 0 Å². The Morgan fingerprint density at radius 3 is 2.61 bits per heavy atom. The van der Waals surface area contributed by atoms with Crippen LogP contribution < -0.4 is 14.9 Å². The first-order chi connectivity index (χ1) is 19.3. The molecule has 0 aromatic carbocycles. The number of nitrogens with one attached hydrogen (secondary N) is 2. The van der Waals surface area contributed by atoms with Gasteiger partial charge in [-0.15, -0.1) is 0 Å². The van der Waals surface area contributed by atoms with Gasteiger partial charge >= 0.3 is 0 Å². The van der Waals surface area contributed by atoms with Gasteiger partial charge in [-0.05, 0) is 75.4 Å². The van der Waals surface area contributed by atoms with Gasteiger partial charge in [0.1, 0.15) is 11.6 Å². The van der Waals surface area contributed by atoms with Crippen LogP contribution in [-0.4, -0.2) is 41.4 Å². The number of amides is 1. The molecule has 1 amide bonds. The summed E-state index contributed by atoms with van der Waals surface area (Å²) < 4.78 is 29.0. The zero-order valence-corrected chi connectivity index (χ0v) is 24.8. The van der Waals surface area contributed by atoms with Crippen LogP contribution in [0.15, 0.2) is 53.7 Å². The van der Waals surface area contributed by atoms with Crippen LogP contribution in [-0.2, 0) is 15.4 Å². The van der Waals surface area contributed by atoms with Gasteiger partial charge in [-0.25, -0.2) is 14.7 Å². The summed E-state index contributed by atoms with van der Waals surface area (Å²) in [6, 6.07) is 13.3. The van der Waals surface area contributed by atoms with Gasteiger partial charge in [-0.1, -0.05) is 26.8 Å². The Hall–Kier alpha value is -4.04. The third-order valence-corrected chi connectivity index (χ3v) is 9.01. The van der Waals surface area contributed by atoms with E-state index < -0.39 is 15.9 Å². The fraction of sp³-hybridized carbons (Fsp3) is 0.433. The molecule has 2 aliphatic heterocycles. The second kappa shape index (κ2) is 10.4. The fourth-order valence-corrected chi connectivity index (χ4v) is 6.59. The first-order valence-corrected chi connectivity index (χ1v) is 15.2. The molecule has 1 saturated heterocycles. The van der Waals surface area contributed by atoms with Crippen molar-refractivity contribution < 1.29 is 13.2 Å². The highest BCUT2D eigenvalue weighted by atomic mass is 32.2. The summed E-state index contributed by atoms with van der Waals surface area (Å²) in [6.07, 6.45) is 3.97. The molecule has 0 aliphatic carbocycles. The minimum Gasteiger partial charge on any atom is -0.362 e. The van der Waals surface area contributed by atoms with Crippen molar-refractivity contribution in [2.45, 2.75) is 75.9 Å². The molecule has 2 unspecified atom stereocenters. The fourth-order valence-electron chi connectivity index (χ4n) is 5.66. The van der Waals surface area contributed by atoms with Gasteiger partial charge in [0.05, 0.1) is 28.9 Å². The maximum atomic E-state index is 13.6. The van der Waals surface area contributed by atoms with Crippen molar-refractivity contribution in [3.8, 4) is 6.07 Å². The molecular weight excluding hydrogens is 538 g/mol. The molecule has 10 nitrogen and oxygen atoms in total. The normalized spacial score (nSPS) is 21.9. The lowest BCUT2D eigenvalue weighted by molar-refractivity contribution is 0.0981. The van der Waals surface area contributed by atoms with Crippen LogP contribution in [0.25, 0.3) is 0 Å². The maximum absolute atomic E-state index is 13.6. The van der Waals surface area contributed by atoms with Gasteiger partial charge < -0.3 is 10.2 Å². The highest BCUT2D eigenvalue weighted by Gasteiger charge is 2.41. The molecule has 5 heterocycles. The Morgan fingerprint density at radius 2 is 1.88 bits per heavy atom. The predicted octanol–water partition coefficient (Wildman–Crippen LogP) is 4.71. The van der Waals surface area contributed by atoms with Gasteiger partial charge in [0.2, 0.25) is 0 Å². The lowest BCUT2D eigenvalue weighted by atomic mass is 9.90. The van der Waals surface area contributed by atoms with Crippen LogP contribution in [0.3, 0.4) is 0 Å². The third kappa shape index (κ3) is 5.88. The Balaban J connectivity index is 1.63. The van der Waals surface area contributed by atoms with Crippen LogP contribution in [0, 0.1) is 17.2 Å². The molecule has 41 heavy (non-hydrogen) atoms. The van der Waals surface area contributed by atoms with E-state index in [0.29, 0.717) is 35.9 Å². The lowest BCUT2D eigenvalue weighted by Gasteiger charge is -2.34. The number of nitrogens with zero attached hydrogens (tertiary/aromatic N) is 5. The zero-order chi connectivity index (χ0) is 29.6. The average molecular weight is 574 g/mol. The number of pyridine rings is 3. The number of carbonyl (C=O) groups excluding carboxylic acids is 1. The number of hydrogen-bond donors (Lipinski definition) is 2. The molecule has 0 radical (unpaired) electrons. The molecule has 0 spiro atoms. The molecule has 11 heteroatoms. The molecule has 5 rings (SSSR count). The van der Waals surface area contributed by atoms with E-state index in [1.165, 1.54) is 6.07 Å². The third-order valence-electron chi connectivity index (χ3n) is 7.78. The van der Waals surface area contributed by atoms with Crippen molar-refractivity contribution in [1.29, 1.82) is 5.26 Å². The minimum absolute atomic E-state index is 0.204. The summed E-state index contributed by atoms with van der Waals surface area (Å²) in [5.74, 6) is 0.331. The molecule has 2 N–H and O–H groups in total. The van der Waals surface area contributed by atoms with Gasteiger partial charge in [-0.3, -0.25) is 9.78 Å². The van der Waals surface area contributed by atoms with E-state index in [1.807, 2.05) is 0 Å². The summed E-state index contributed by atoms with van der Waals surface area (Å²) in [4.78, 5) is 29.5. The summed E-state index contributed by atoms with van der Waals surface area (Å²) in [6.45, 7) is 11.1. The monoisotopic (exact) mass is 573 g/mol. The second-order valence-corrected chi connectivity index (χ2v) is 14.1. The summed E-state index contributed by atoms with van der Waals surface area (Å²) in [5, 5.41) is 12.5. The molecule has 214 valence electrons. The molecule has 1 fully saturated rings. The Bertz CT molecular complexity index is 1640. The Morgan fingerprint density at radius 1 is 1.10 bits per heavy atom. The summed E-state index contributed by atoms with van der Waals surface area (Å²) >= 11 is 0. The topological polar surface area (TPSA) is 141 Å². The van der Waals surface area contributed by atoms with Crippen molar-refractivity contribution in [3.05, 3.63) is 71.2 Å². The summed E-state index contributed by atoms with van der Waals surface area (Å²) in [7, 11) is -4.30. The smallest absolute Gasteiger partial charge is 0.281 e. The van der Waals surface area contributed by atoms with E-state index in [0.717, 1.165) is 18.5 Å². The van der Waals surface area contributed by atoms with Crippen LogP contribution in [0.2, 0.25) is 0 Å². The zero-order valence-electron chi connectivity index (χ0n) is 24.0. The Labute approximate surface area is 241 Å². The van der Waals surface area contributed by atoms with E-state index >= 15 is 0 Å². The maximum Gasteiger partial charge on any atom is 0.281 e. The van der Waals surface area contributed by atoms with Crippen molar-refractivity contribution in [2.75, 3.05) is 16.8 Å². The van der Waals surface area contributed by atoms with Gasteiger partial charge in [0.15, 0.2) is 5.03 Å². The predicted molar refractivity (Wildman–Crippen MR) is 156 cm³/mol. The van der Waals surface area contributed by atoms with E-state index in [1.54, 1.807) is 42.6 Å². The summed E-state index contributed by atoms with van der Waals surface area (Å²) in [5.41, 5.74) is 1.58. The second-order valence-electron chi connectivity index (χ2n) is 12.5. The van der Waals surface area contributed by atoms with Crippen molar-refractivity contribution in [1.82, 2.24) is 19.7 Å². The minimum atomic E-state index is -4.30.